The fraction of sp³-hybridized carbons (Fsp3) is 0.226. The Labute approximate surface area is 231 Å². The van der Waals surface area contributed by atoms with Crippen LogP contribution in [0.25, 0.3) is 0 Å². The summed E-state index contributed by atoms with van der Waals surface area (Å²) in [5, 5.41) is 22.1. The van der Waals surface area contributed by atoms with Crippen LogP contribution < -0.4 is 20.1 Å². The van der Waals surface area contributed by atoms with E-state index in [1.165, 1.54) is 19.2 Å². The maximum atomic E-state index is 14.1. The van der Waals surface area contributed by atoms with Gasteiger partial charge < -0.3 is 15.2 Å². The van der Waals surface area contributed by atoms with Crippen molar-refractivity contribution in [2.45, 2.75) is 31.6 Å². The predicted molar refractivity (Wildman–Crippen MR) is 150 cm³/mol. The topological polar surface area (TPSA) is 132 Å². The number of nitriles is 1. The molecule has 1 aliphatic heterocycles. The van der Waals surface area contributed by atoms with Crippen molar-refractivity contribution < 1.29 is 19.2 Å². The van der Waals surface area contributed by atoms with Gasteiger partial charge in [-0.05, 0) is 36.5 Å². The number of ether oxygens (including phenoxy) is 2. The Morgan fingerprint density at radius 2 is 1.80 bits per heavy atom. The number of hydrogen-bond acceptors (Lipinski definition) is 8. The fourth-order valence-electron chi connectivity index (χ4n) is 5.69. The number of nitrogens with zero attached hydrogens (tertiary/aromatic N) is 3. The van der Waals surface area contributed by atoms with Crippen molar-refractivity contribution in [1.82, 2.24) is 0 Å². The van der Waals surface area contributed by atoms with Gasteiger partial charge in [0.1, 0.15) is 17.3 Å². The Kier molecular flexibility index (Phi) is 7.01. The van der Waals surface area contributed by atoms with Crippen LogP contribution in [-0.2, 0) is 4.79 Å². The zero-order valence-electron chi connectivity index (χ0n) is 22.4. The van der Waals surface area contributed by atoms with Gasteiger partial charge in [0, 0.05) is 41.5 Å². The Bertz CT molecular complexity index is 1620. The summed E-state index contributed by atoms with van der Waals surface area (Å²) in [4.78, 5) is 27.0. The molecule has 40 heavy (non-hydrogen) atoms. The number of benzene rings is 3. The quantitative estimate of drug-likeness (QED) is 0.317. The first-order valence-corrected chi connectivity index (χ1v) is 12.8. The van der Waals surface area contributed by atoms with E-state index in [0.717, 1.165) is 5.56 Å². The minimum absolute atomic E-state index is 0.116. The first kappa shape index (κ1) is 26.5. The molecule has 2 N–H and O–H groups in total. The second kappa shape index (κ2) is 10.6. The number of non-ortho nitro benzene ring substituents is 1. The molecular formula is C31H28N4O5. The molecule has 2 aliphatic rings. The van der Waals surface area contributed by atoms with Crippen molar-refractivity contribution in [3.8, 4) is 17.6 Å². The highest BCUT2D eigenvalue weighted by Gasteiger charge is 2.44. The molecule has 202 valence electrons. The summed E-state index contributed by atoms with van der Waals surface area (Å²) in [6.07, 6.45) is 0.694. The van der Waals surface area contributed by atoms with E-state index in [-0.39, 0.29) is 35.2 Å². The van der Waals surface area contributed by atoms with E-state index in [2.05, 4.69) is 6.07 Å². The normalized spacial score (nSPS) is 18.8. The number of carbonyl (C=O) groups is 1. The molecule has 0 amide bonds. The molecule has 0 saturated heterocycles. The van der Waals surface area contributed by atoms with Gasteiger partial charge >= 0.3 is 0 Å². The van der Waals surface area contributed by atoms with Crippen molar-refractivity contribution in [3.63, 3.8) is 0 Å². The number of ketones is 1. The van der Waals surface area contributed by atoms with Crippen molar-refractivity contribution in [2.24, 2.45) is 5.73 Å². The average Bonchev–Trinajstić information content (AvgIpc) is 2.97. The molecule has 0 aromatic heterocycles. The van der Waals surface area contributed by atoms with E-state index in [1.807, 2.05) is 37.3 Å². The van der Waals surface area contributed by atoms with Crippen LogP contribution in [0.1, 0.15) is 41.4 Å². The lowest BCUT2D eigenvalue weighted by Gasteiger charge is -2.42. The summed E-state index contributed by atoms with van der Waals surface area (Å²) in [5.74, 6) is 0.105. The lowest BCUT2D eigenvalue weighted by Crippen LogP contribution is -2.40. The van der Waals surface area contributed by atoms with Crippen LogP contribution in [0.3, 0.4) is 0 Å². The molecule has 3 aromatic rings. The summed E-state index contributed by atoms with van der Waals surface area (Å²) in [5.41, 5.74) is 10.7. The van der Waals surface area contributed by atoms with Gasteiger partial charge in [0.05, 0.1) is 42.4 Å². The molecule has 2 unspecified atom stereocenters. The number of hydrogen-bond donors (Lipinski definition) is 1. The third kappa shape index (κ3) is 4.43. The molecule has 0 saturated carbocycles. The smallest absolute Gasteiger partial charge is 0.271 e. The lowest BCUT2D eigenvalue weighted by molar-refractivity contribution is -0.384. The maximum absolute atomic E-state index is 14.1. The molecule has 9 heteroatoms. The number of allylic oxidation sites excluding steroid dienone is 3. The number of aryl methyl sites for hydroxylation is 1. The number of nitrogens with two attached hydrogens (primary N) is 1. The molecule has 0 bridgehead atoms. The van der Waals surface area contributed by atoms with Gasteiger partial charge in [0.15, 0.2) is 5.78 Å². The number of methoxy groups -OCH3 is 2. The lowest BCUT2D eigenvalue weighted by atomic mass is 9.71. The van der Waals surface area contributed by atoms with E-state index in [4.69, 9.17) is 15.2 Å². The van der Waals surface area contributed by atoms with Crippen molar-refractivity contribution in [2.75, 3.05) is 19.1 Å². The molecular weight excluding hydrogens is 508 g/mol. The molecule has 5 rings (SSSR count). The molecule has 9 nitrogen and oxygen atoms in total. The van der Waals surface area contributed by atoms with E-state index >= 15 is 0 Å². The van der Waals surface area contributed by atoms with Crippen LogP contribution in [0.4, 0.5) is 11.4 Å². The standard InChI is InChI=1S/C31H28N4O5/c1-18-9-10-21(35(37)38)15-25(18)34-26-13-20(19-7-5-4-6-8-19)14-27(36)30(26)29(24(17-32)31(34)33)23-12-11-22(39-2)16-28(23)40-3/h4-12,15-16,20,29H,13-14,33H2,1-3H3. The predicted octanol–water partition coefficient (Wildman–Crippen LogP) is 5.62. The molecule has 1 heterocycles. The third-order valence-electron chi connectivity index (χ3n) is 7.63. The molecule has 0 radical (unpaired) electrons. The number of carbonyl (C=O) groups excluding carboxylic acids is 1. The van der Waals surface area contributed by atoms with Crippen LogP contribution >= 0.6 is 0 Å². The minimum atomic E-state index is -0.777. The Hall–Kier alpha value is -5.10. The summed E-state index contributed by atoms with van der Waals surface area (Å²) in [7, 11) is 3.06. The highest BCUT2D eigenvalue weighted by Crippen LogP contribution is 2.51. The van der Waals surface area contributed by atoms with Crippen LogP contribution in [0.2, 0.25) is 0 Å². The molecule has 2 atom stereocenters. The molecule has 0 fully saturated rings. The SMILES string of the molecule is COc1ccc(C2C(C#N)=C(N)N(c3cc([N+](=O)[O-])ccc3C)C3=C2C(=O)CC(c2ccccc2)C3)c(OC)c1. The highest BCUT2D eigenvalue weighted by molar-refractivity contribution is 6.02. The number of rotatable bonds is 6. The largest absolute Gasteiger partial charge is 0.497 e. The van der Waals surface area contributed by atoms with Crippen molar-refractivity contribution in [1.29, 1.82) is 5.26 Å². The van der Waals surface area contributed by atoms with Crippen molar-refractivity contribution >= 4 is 17.2 Å². The molecule has 3 aromatic carbocycles. The van der Waals surface area contributed by atoms with Crippen LogP contribution in [-0.4, -0.2) is 24.9 Å². The van der Waals surface area contributed by atoms with E-state index < -0.39 is 10.8 Å². The average molecular weight is 537 g/mol. The first-order chi connectivity index (χ1) is 19.3. The summed E-state index contributed by atoms with van der Waals surface area (Å²) >= 11 is 0. The third-order valence-corrected chi connectivity index (χ3v) is 7.63. The van der Waals surface area contributed by atoms with Crippen LogP contribution in [0, 0.1) is 28.4 Å². The fourth-order valence-corrected chi connectivity index (χ4v) is 5.69. The number of nitro groups is 1. The Balaban J connectivity index is 1.79. The molecule has 1 aliphatic carbocycles. The monoisotopic (exact) mass is 536 g/mol. The number of nitro benzene ring substituents is 1. The number of anilines is 1. The Morgan fingerprint density at radius 1 is 1.05 bits per heavy atom. The highest BCUT2D eigenvalue weighted by atomic mass is 16.6. The van der Waals surface area contributed by atoms with Gasteiger partial charge in [-0.1, -0.05) is 42.5 Å². The zero-order valence-corrected chi connectivity index (χ0v) is 22.4. The zero-order chi connectivity index (χ0) is 28.6. The minimum Gasteiger partial charge on any atom is -0.497 e. The first-order valence-electron chi connectivity index (χ1n) is 12.8. The summed E-state index contributed by atoms with van der Waals surface area (Å²) in [6, 6.07) is 21.7. The van der Waals surface area contributed by atoms with E-state index in [1.54, 1.807) is 36.3 Å². The van der Waals surface area contributed by atoms with Gasteiger partial charge in [-0.3, -0.25) is 19.8 Å². The summed E-state index contributed by atoms with van der Waals surface area (Å²) < 4.78 is 11.0. The van der Waals surface area contributed by atoms with Gasteiger partial charge in [-0.2, -0.15) is 5.26 Å². The van der Waals surface area contributed by atoms with Crippen LogP contribution in [0.15, 0.2) is 89.4 Å². The van der Waals surface area contributed by atoms with Gasteiger partial charge in [-0.15, -0.1) is 0 Å². The second-order valence-electron chi connectivity index (χ2n) is 9.81. The summed E-state index contributed by atoms with van der Waals surface area (Å²) in [6.45, 7) is 1.82. The number of Topliss-reactive ketones (excluding diaryl/α,β-unsaturated/α-hetero) is 1. The second-order valence-corrected chi connectivity index (χ2v) is 9.81. The van der Waals surface area contributed by atoms with Gasteiger partial charge in [-0.25, -0.2) is 0 Å². The van der Waals surface area contributed by atoms with Crippen LogP contribution in [0.5, 0.6) is 11.5 Å². The van der Waals surface area contributed by atoms with Crippen molar-refractivity contribution in [3.05, 3.63) is 116 Å². The molecule has 0 spiro atoms. The Morgan fingerprint density at radius 3 is 2.45 bits per heavy atom. The van der Waals surface area contributed by atoms with E-state index in [0.29, 0.717) is 46.0 Å². The van der Waals surface area contributed by atoms with E-state index in [9.17, 15) is 20.2 Å². The maximum Gasteiger partial charge on any atom is 0.271 e. The van der Waals surface area contributed by atoms with Gasteiger partial charge in [0.2, 0.25) is 0 Å². The van der Waals surface area contributed by atoms with Gasteiger partial charge in [0.25, 0.3) is 5.69 Å².